The van der Waals surface area contributed by atoms with Crippen LogP contribution in [0.1, 0.15) is 44.7 Å². The Hall–Kier alpha value is -1.55. The van der Waals surface area contributed by atoms with Crippen molar-refractivity contribution in [1.29, 1.82) is 0 Å². The van der Waals surface area contributed by atoms with E-state index < -0.39 is 0 Å². The van der Waals surface area contributed by atoms with Crippen molar-refractivity contribution in [1.82, 2.24) is 10.2 Å². The number of aryl methyl sites for hydroxylation is 1. The molecule has 1 aromatic carbocycles. The van der Waals surface area contributed by atoms with Crippen molar-refractivity contribution in [3.8, 4) is 0 Å². The van der Waals surface area contributed by atoms with Gasteiger partial charge >= 0.3 is 0 Å². The maximum Gasteiger partial charge on any atom is 0.217 e. The quantitative estimate of drug-likeness (QED) is 0.897. The molecule has 2 heterocycles. The van der Waals surface area contributed by atoms with Crippen LogP contribution in [0.15, 0.2) is 18.2 Å². The molecule has 0 aromatic heterocycles. The van der Waals surface area contributed by atoms with Gasteiger partial charge < -0.3 is 10.2 Å². The van der Waals surface area contributed by atoms with E-state index in [1.54, 1.807) is 6.92 Å². The first-order valence-corrected chi connectivity index (χ1v) is 10.2. The topological polar surface area (TPSA) is 35.6 Å². The van der Waals surface area contributed by atoms with Crippen LogP contribution in [0.5, 0.6) is 0 Å². The molecule has 2 atom stereocenters. The smallest absolute Gasteiger partial charge is 0.217 e. The highest BCUT2D eigenvalue weighted by Gasteiger charge is 2.38. The van der Waals surface area contributed by atoms with Crippen molar-refractivity contribution in [2.75, 3.05) is 31.1 Å². The van der Waals surface area contributed by atoms with Crippen LogP contribution < -0.4 is 10.2 Å². The van der Waals surface area contributed by atoms with E-state index in [-0.39, 0.29) is 5.91 Å². The highest BCUT2D eigenvalue weighted by molar-refractivity contribution is 5.73. The molecule has 4 nitrogen and oxygen atoms in total. The lowest BCUT2D eigenvalue weighted by Crippen LogP contribution is -2.45. The number of nitrogens with zero attached hydrogens (tertiary/aromatic N) is 2. The highest BCUT2D eigenvalue weighted by atomic mass is 16.1. The Bertz CT molecular complexity index is 634. The third kappa shape index (κ3) is 4.06. The van der Waals surface area contributed by atoms with Gasteiger partial charge in [0, 0.05) is 50.9 Å². The van der Waals surface area contributed by atoms with Gasteiger partial charge in [0.25, 0.3) is 0 Å². The Kier molecular flexibility index (Phi) is 5.91. The number of anilines is 1. The molecule has 1 amide bonds. The molecular weight excluding hydrogens is 322 g/mol. The van der Waals surface area contributed by atoms with Crippen LogP contribution in [0, 0.1) is 25.7 Å². The van der Waals surface area contributed by atoms with Crippen LogP contribution in [0.2, 0.25) is 0 Å². The number of rotatable bonds is 4. The van der Waals surface area contributed by atoms with E-state index in [1.165, 1.54) is 29.7 Å². The fraction of sp³-hybridized carbons (Fsp3) is 0.682. The summed E-state index contributed by atoms with van der Waals surface area (Å²) in [7, 11) is 0. The summed E-state index contributed by atoms with van der Waals surface area (Å²) in [4.78, 5) is 16.8. The van der Waals surface area contributed by atoms with Crippen molar-refractivity contribution < 1.29 is 4.79 Å². The van der Waals surface area contributed by atoms with Crippen LogP contribution in [-0.4, -0.2) is 49.1 Å². The van der Waals surface area contributed by atoms with Crippen LogP contribution in [0.4, 0.5) is 5.69 Å². The average Bonchev–Trinajstić information content (AvgIpc) is 3.01. The van der Waals surface area contributed by atoms with E-state index in [9.17, 15) is 4.79 Å². The fourth-order valence-corrected chi connectivity index (χ4v) is 4.80. The third-order valence-electron chi connectivity index (χ3n) is 6.54. The number of carbonyl (C=O) groups is 1. The van der Waals surface area contributed by atoms with Gasteiger partial charge in [-0.1, -0.05) is 26.0 Å². The van der Waals surface area contributed by atoms with Crippen molar-refractivity contribution in [2.45, 2.75) is 59.5 Å². The summed E-state index contributed by atoms with van der Waals surface area (Å²) in [5, 5.41) is 3.20. The fourth-order valence-electron chi connectivity index (χ4n) is 4.80. The SMILES string of the molecule is CC(=O)N[C@@H]1CN(C2CCN(c3cccc(C)c3C)CC2)C[C@H]1C(C)C. The lowest BCUT2D eigenvalue weighted by atomic mass is 9.91. The second-order valence-electron chi connectivity index (χ2n) is 8.61. The number of benzene rings is 1. The first-order chi connectivity index (χ1) is 12.4. The van der Waals surface area contributed by atoms with Crippen LogP contribution in [0.3, 0.4) is 0 Å². The minimum atomic E-state index is 0.104. The molecule has 0 spiro atoms. The van der Waals surface area contributed by atoms with Crippen molar-refractivity contribution >= 4 is 11.6 Å². The summed E-state index contributed by atoms with van der Waals surface area (Å²) in [6, 6.07) is 7.60. The molecule has 0 radical (unpaired) electrons. The second-order valence-corrected chi connectivity index (χ2v) is 8.61. The molecule has 2 saturated heterocycles. The molecule has 0 aliphatic carbocycles. The predicted molar refractivity (Wildman–Crippen MR) is 109 cm³/mol. The molecule has 26 heavy (non-hydrogen) atoms. The summed E-state index contributed by atoms with van der Waals surface area (Å²) < 4.78 is 0. The molecule has 144 valence electrons. The molecule has 1 aromatic rings. The van der Waals surface area contributed by atoms with Crippen molar-refractivity contribution in [3.63, 3.8) is 0 Å². The summed E-state index contributed by atoms with van der Waals surface area (Å²) in [5.41, 5.74) is 4.20. The van der Waals surface area contributed by atoms with E-state index in [2.05, 4.69) is 61.0 Å². The predicted octanol–water partition coefficient (Wildman–Crippen LogP) is 3.36. The standard InChI is InChI=1S/C22H35N3O/c1-15(2)20-13-25(14-21(20)23-18(5)26)19-9-11-24(12-10-19)22-8-6-7-16(3)17(22)4/h6-8,15,19-21H,9-14H2,1-5H3,(H,23,26)/t20-,21+/m0/s1. The van der Waals surface area contributed by atoms with Gasteiger partial charge in [-0.3, -0.25) is 9.69 Å². The maximum absolute atomic E-state index is 11.6. The van der Waals surface area contributed by atoms with E-state index in [0.717, 1.165) is 26.2 Å². The number of carbonyl (C=O) groups excluding carboxylic acids is 1. The first-order valence-electron chi connectivity index (χ1n) is 10.2. The van der Waals surface area contributed by atoms with Crippen molar-refractivity contribution in [2.24, 2.45) is 11.8 Å². The zero-order valence-corrected chi connectivity index (χ0v) is 17.1. The first kappa shape index (κ1) is 19.2. The van der Waals surface area contributed by atoms with Gasteiger partial charge in [0.15, 0.2) is 0 Å². The Balaban J connectivity index is 1.61. The molecule has 2 aliphatic rings. The lowest BCUT2D eigenvalue weighted by Gasteiger charge is -2.38. The van der Waals surface area contributed by atoms with Gasteiger partial charge in [-0.2, -0.15) is 0 Å². The van der Waals surface area contributed by atoms with E-state index >= 15 is 0 Å². The summed E-state index contributed by atoms with van der Waals surface area (Å²) in [5.74, 6) is 1.27. The molecule has 4 heteroatoms. The van der Waals surface area contributed by atoms with Gasteiger partial charge in [-0.05, 0) is 55.7 Å². The molecule has 2 aliphatic heterocycles. The van der Waals surface area contributed by atoms with Gasteiger partial charge in [0.1, 0.15) is 0 Å². The lowest BCUT2D eigenvalue weighted by molar-refractivity contribution is -0.119. The molecule has 2 fully saturated rings. The average molecular weight is 358 g/mol. The highest BCUT2D eigenvalue weighted by Crippen LogP contribution is 2.31. The van der Waals surface area contributed by atoms with Crippen LogP contribution in [0.25, 0.3) is 0 Å². The number of likely N-dealkylation sites (tertiary alicyclic amines) is 1. The van der Waals surface area contributed by atoms with Gasteiger partial charge in [0.05, 0.1) is 0 Å². The van der Waals surface area contributed by atoms with E-state index in [4.69, 9.17) is 0 Å². The second kappa shape index (κ2) is 7.99. The van der Waals surface area contributed by atoms with Crippen molar-refractivity contribution in [3.05, 3.63) is 29.3 Å². The minimum Gasteiger partial charge on any atom is -0.371 e. The van der Waals surface area contributed by atoms with E-state index in [1.807, 2.05) is 0 Å². The normalized spacial score (nSPS) is 25.1. The van der Waals surface area contributed by atoms with Gasteiger partial charge in [-0.25, -0.2) is 0 Å². The maximum atomic E-state index is 11.6. The Labute approximate surface area is 158 Å². The number of piperidine rings is 1. The Morgan fingerprint density at radius 2 is 1.85 bits per heavy atom. The van der Waals surface area contributed by atoms with Gasteiger partial charge in [-0.15, -0.1) is 0 Å². The number of nitrogens with one attached hydrogen (secondary N) is 1. The third-order valence-corrected chi connectivity index (χ3v) is 6.54. The summed E-state index contributed by atoms with van der Waals surface area (Å²) >= 11 is 0. The Morgan fingerprint density at radius 3 is 2.46 bits per heavy atom. The van der Waals surface area contributed by atoms with E-state index in [0.29, 0.717) is 23.9 Å². The largest absolute Gasteiger partial charge is 0.371 e. The number of hydrogen-bond acceptors (Lipinski definition) is 3. The summed E-state index contributed by atoms with van der Waals surface area (Å²) in [6.45, 7) is 15.0. The molecule has 3 rings (SSSR count). The molecule has 1 N–H and O–H groups in total. The van der Waals surface area contributed by atoms with Crippen LogP contribution >= 0.6 is 0 Å². The molecular formula is C22H35N3O. The van der Waals surface area contributed by atoms with Crippen LogP contribution in [-0.2, 0) is 4.79 Å². The van der Waals surface area contributed by atoms with Gasteiger partial charge in [0.2, 0.25) is 5.91 Å². The number of hydrogen-bond donors (Lipinski definition) is 1. The Morgan fingerprint density at radius 1 is 1.15 bits per heavy atom. The zero-order chi connectivity index (χ0) is 18.8. The summed E-state index contributed by atoms with van der Waals surface area (Å²) in [6.07, 6.45) is 2.43. The number of amides is 1. The minimum absolute atomic E-state index is 0.104. The molecule has 0 bridgehead atoms. The monoisotopic (exact) mass is 357 g/mol. The molecule has 0 saturated carbocycles. The zero-order valence-electron chi connectivity index (χ0n) is 17.1. The molecule has 0 unspecified atom stereocenters.